The molecule has 0 aromatic heterocycles. The predicted molar refractivity (Wildman–Crippen MR) is 57.2 cm³/mol. The Morgan fingerprint density at radius 3 is 2.53 bits per heavy atom. The highest BCUT2D eigenvalue weighted by atomic mass is 79.9. The van der Waals surface area contributed by atoms with Crippen LogP contribution in [0, 0.1) is 5.82 Å². The third-order valence-electron chi connectivity index (χ3n) is 1.63. The number of urea groups is 1. The van der Waals surface area contributed by atoms with E-state index in [1.54, 1.807) is 5.32 Å². The van der Waals surface area contributed by atoms with Crippen LogP contribution in [0.3, 0.4) is 0 Å². The Bertz CT molecular complexity index is 422. The van der Waals surface area contributed by atoms with Gasteiger partial charge in [0.1, 0.15) is 12.4 Å². The van der Waals surface area contributed by atoms with Crippen molar-refractivity contribution in [1.29, 1.82) is 0 Å². The minimum absolute atomic E-state index is 0.201. The molecule has 1 aromatic carbocycles. The van der Waals surface area contributed by atoms with Crippen molar-refractivity contribution in [2.75, 3.05) is 11.9 Å². The van der Waals surface area contributed by atoms with E-state index < -0.39 is 24.6 Å². The summed E-state index contributed by atoms with van der Waals surface area (Å²) in [7, 11) is 0. The molecule has 2 amide bonds. The number of alkyl halides is 3. The van der Waals surface area contributed by atoms with Crippen LogP contribution in [-0.2, 0) is 0 Å². The maximum Gasteiger partial charge on any atom is 0.405 e. The van der Waals surface area contributed by atoms with E-state index in [2.05, 4.69) is 15.9 Å². The molecule has 0 aliphatic carbocycles. The summed E-state index contributed by atoms with van der Waals surface area (Å²) >= 11 is 3.00. The lowest BCUT2D eigenvalue weighted by Crippen LogP contribution is -2.36. The van der Waals surface area contributed by atoms with Gasteiger partial charge in [-0.05, 0) is 18.2 Å². The van der Waals surface area contributed by atoms with Crippen molar-refractivity contribution in [1.82, 2.24) is 5.32 Å². The first-order valence-corrected chi connectivity index (χ1v) is 5.14. The molecule has 2 N–H and O–H groups in total. The van der Waals surface area contributed by atoms with Crippen LogP contribution in [0.2, 0.25) is 0 Å². The smallest absolute Gasteiger partial charge is 0.329 e. The van der Waals surface area contributed by atoms with Crippen molar-refractivity contribution in [3.8, 4) is 0 Å². The number of halogens is 5. The van der Waals surface area contributed by atoms with Crippen LogP contribution in [-0.4, -0.2) is 18.8 Å². The Hall–Kier alpha value is -1.31. The maximum atomic E-state index is 13.2. The van der Waals surface area contributed by atoms with Crippen LogP contribution in [0.1, 0.15) is 0 Å². The topological polar surface area (TPSA) is 41.1 Å². The van der Waals surface area contributed by atoms with Crippen LogP contribution in [0.4, 0.5) is 28.0 Å². The lowest BCUT2D eigenvalue weighted by Gasteiger charge is -2.10. The first kappa shape index (κ1) is 13.8. The number of amides is 2. The van der Waals surface area contributed by atoms with Gasteiger partial charge >= 0.3 is 12.2 Å². The van der Waals surface area contributed by atoms with E-state index in [1.807, 2.05) is 5.32 Å². The Morgan fingerprint density at radius 1 is 1.35 bits per heavy atom. The fourth-order valence-corrected chi connectivity index (χ4v) is 1.27. The number of hydrogen-bond donors (Lipinski definition) is 2. The van der Waals surface area contributed by atoms with Crippen molar-refractivity contribution in [2.24, 2.45) is 0 Å². The fraction of sp³-hybridized carbons (Fsp3) is 0.222. The second-order valence-corrected chi connectivity index (χ2v) is 3.96. The first-order chi connectivity index (χ1) is 7.78. The van der Waals surface area contributed by atoms with Gasteiger partial charge < -0.3 is 10.6 Å². The van der Waals surface area contributed by atoms with E-state index in [0.29, 0.717) is 4.47 Å². The van der Waals surface area contributed by atoms with Crippen LogP contribution in [0.15, 0.2) is 22.7 Å². The molecule has 0 fully saturated rings. The van der Waals surface area contributed by atoms with Crippen molar-refractivity contribution in [2.45, 2.75) is 6.18 Å². The van der Waals surface area contributed by atoms with Gasteiger partial charge in [-0.15, -0.1) is 0 Å². The predicted octanol–water partition coefficient (Wildman–Crippen LogP) is 3.27. The fourth-order valence-electron chi connectivity index (χ4n) is 0.938. The molecule has 1 rings (SSSR count). The average Bonchev–Trinajstić information content (AvgIpc) is 2.18. The van der Waals surface area contributed by atoms with Crippen LogP contribution < -0.4 is 10.6 Å². The zero-order valence-corrected chi connectivity index (χ0v) is 9.82. The standard InChI is InChI=1S/C9H7BrF4N2O/c10-5-1-2-7(6(11)3-5)16-8(17)15-4-9(12,13)14/h1-3H,4H2,(H2,15,16,17). The van der Waals surface area contributed by atoms with Gasteiger partial charge in [-0.25, -0.2) is 9.18 Å². The molecule has 0 saturated carbocycles. The summed E-state index contributed by atoms with van der Waals surface area (Å²) < 4.78 is 48.9. The normalized spacial score (nSPS) is 11.1. The van der Waals surface area contributed by atoms with E-state index in [4.69, 9.17) is 0 Å². The highest BCUT2D eigenvalue weighted by molar-refractivity contribution is 9.10. The number of nitrogens with one attached hydrogen (secondary N) is 2. The highest BCUT2D eigenvalue weighted by Crippen LogP contribution is 2.19. The second kappa shape index (κ2) is 5.35. The molecule has 0 heterocycles. The molecule has 0 unspecified atom stereocenters. The first-order valence-electron chi connectivity index (χ1n) is 4.34. The number of benzene rings is 1. The second-order valence-electron chi connectivity index (χ2n) is 3.05. The van der Waals surface area contributed by atoms with E-state index >= 15 is 0 Å². The highest BCUT2D eigenvalue weighted by Gasteiger charge is 2.27. The monoisotopic (exact) mass is 314 g/mol. The van der Waals surface area contributed by atoms with Crippen molar-refractivity contribution < 1.29 is 22.4 Å². The maximum absolute atomic E-state index is 13.2. The molecule has 0 radical (unpaired) electrons. The summed E-state index contributed by atoms with van der Waals surface area (Å²) in [6.07, 6.45) is -4.50. The average molecular weight is 315 g/mol. The number of carbonyl (C=O) groups excluding carboxylic acids is 1. The summed E-state index contributed by atoms with van der Waals surface area (Å²) in [5.74, 6) is -0.749. The molecular formula is C9H7BrF4N2O. The third-order valence-corrected chi connectivity index (χ3v) is 2.12. The molecule has 0 aliphatic heterocycles. The minimum Gasteiger partial charge on any atom is -0.329 e. The zero-order valence-electron chi connectivity index (χ0n) is 8.24. The summed E-state index contributed by atoms with van der Waals surface area (Å²) in [4.78, 5) is 11.0. The van der Waals surface area contributed by atoms with Gasteiger partial charge in [0.05, 0.1) is 5.69 Å². The van der Waals surface area contributed by atoms with Gasteiger partial charge in [-0.2, -0.15) is 13.2 Å². The largest absolute Gasteiger partial charge is 0.405 e. The Morgan fingerprint density at radius 2 is 2.00 bits per heavy atom. The zero-order chi connectivity index (χ0) is 13.1. The molecule has 8 heteroatoms. The van der Waals surface area contributed by atoms with Gasteiger partial charge in [0.25, 0.3) is 0 Å². The van der Waals surface area contributed by atoms with Crippen LogP contribution in [0.5, 0.6) is 0 Å². The van der Waals surface area contributed by atoms with Crippen molar-refractivity contribution in [3.05, 3.63) is 28.5 Å². The Kier molecular flexibility index (Phi) is 4.33. The van der Waals surface area contributed by atoms with Crippen LogP contribution in [0.25, 0.3) is 0 Å². The molecule has 94 valence electrons. The molecule has 17 heavy (non-hydrogen) atoms. The van der Waals surface area contributed by atoms with E-state index in [9.17, 15) is 22.4 Å². The Balaban J connectivity index is 2.57. The molecule has 0 saturated heterocycles. The van der Waals surface area contributed by atoms with E-state index in [0.717, 1.165) is 6.07 Å². The number of rotatable bonds is 2. The summed E-state index contributed by atoms with van der Waals surface area (Å²) in [6, 6.07) is 2.64. The summed E-state index contributed by atoms with van der Waals surface area (Å²) in [5.41, 5.74) is -0.201. The van der Waals surface area contributed by atoms with Crippen molar-refractivity contribution >= 4 is 27.6 Å². The molecule has 0 aliphatic rings. The van der Waals surface area contributed by atoms with Gasteiger partial charge in [0.2, 0.25) is 0 Å². The molecule has 0 atom stereocenters. The quantitative estimate of drug-likeness (QED) is 0.808. The molecular weight excluding hydrogens is 308 g/mol. The SMILES string of the molecule is O=C(NCC(F)(F)F)Nc1ccc(Br)cc1F. The molecule has 0 spiro atoms. The van der Waals surface area contributed by atoms with E-state index in [-0.39, 0.29) is 5.69 Å². The third kappa shape index (κ3) is 5.03. The number of carbonyl (C=O) groups is 1. The molecule has 1 aromatic rings. The molecule has 0 bridgehead atoms. The lowest BCUT2D eigenvalue weighted by atomic mass is 10.3. The van der Waals surface area contributed by atoms with Crippen molar-refractivity contribution in [3.63, 3.8) is 0 Å². The molecule has 3 nitrogen and oxygen atoms in total. The van der Waals surface area contributed by atoms with Gasteiger partial charge in [-0.3, -0.25) is 0 Å². The van der Waals surface area contributed by atoms with E-state index in [1.165, 1.54) is 12.1 Å². The number of anilines is 1. The summed E-state index contributed by atoms with van der Waals surface area (Å²) in [5, 5.41) is 3.52. The lowest BCUT2D eigenvalue weighted by molar-refractivity contribution is -0.122. The van der Waals surface area contributed by atoms with Crippen LogP contribution >= 0.6 is 15.9 Å². The van der Waals surface area contributed by atoms with Gasteiger partial charge in [-0.1, -0.05) is 15.9 Å². The van der Waals surface area contributed by atoms with Gasteiger partial charge in [0.15, 0.2) is 0 Å². The van der Waals surface area contributed by atoms with Gasteiger partial charge in [0, 0.05) is 4.47 Å². The summed E-state index contributed by atoms with van der Waals surface area (Å²) in [6.45, 7) is -1.48. The minimum atomic E-state index is -4.50. The Labute approximate surface area is 102 Å². The number of hydrogen-bond acceptors (Lipinski definition) is 1.